The normalized spacial score (nSPS) is 18.6. The molecule has 1 aromatic carbocycles. The number of amides is 1. The van der Waals surface area contributed by atoms with Gasteiger partial charge in [-0.1, -0.05) is 18.2 Å². The maximum atomic E-state index is 12.4. The van der Waals surface area contributed by atoms with E-state index < -0.39 is 0 Å². The Morgan fingerprint density at radius 1 is 1.08 bits per heavy atom. The molecule has 0 bridgehead atoms. The second-order valence-corrected chi connectivity index (χ2v) is 6.90. The maximum absolute atomic E-state index is 12.4. The molecule has 0 aliphatic carbocycles. The van der Waals surface area contributed by atoms with Gasteiger partial charge in [-0.05, 0) is 38.1 Å². The average Bonchev–Trinajstić information content (AvgIpc) is 2.67. The van der Waals surface area contributed by atoms with E-state index in [9.17, 15) is 4.79 Å². The summed E-state index contributed by atoms with van der Waals surface area (Å²) >= 11 is 0. The summed E-state index contributed by atoms with van der Waals surface area (Å²) in [6, 6.07) is 11.0. The number of hydrogen-bond acceptors (Lipinski definition) is 4. The van der Waals surface area contributed by atoms with Crippen LogP contribution in [0.15, 0.2) is 30.3 Å². The average molecular weight is 403 g/mol. The highest BCUT2D eigenvalue weighted by Crippen LogP contribution is 2.16. The number of nitrogens with one attached hydrogen (secondary N) is 1. The van der Waals surface area contributed by atoms with Crippen molar-refractivity contribution in [3.63, 3.8) is 0 Å². The van der Waals surface area contributed by atoms with Crippen LogP contribution >= 0.6 is 24.8 Å². The first-order valence-corrected chi connectivity index (χ1v) is 9.23. The van der Waals surface area contributed by atoms with Crippen molar-refractivity contribution in [3.8, 4) is 0 Å². The lowest BCUT2D eigenvalue weighted by Gasteiger charge is -2.36. The highest BCUT2D eigenvalue weighted by Gasteiger charge is 2.23. The summed E-state index contributed by atoms with van der Waals surface area (Å²) in [5.74, 6) is 0.299. The Balaban J connectivity index is 0.00000169. The summed E-state index contributed by atoms with van der Waals surface area (Å²) in [6.45, 7) is 7.12. The number of carbonyl (C=O) groups excluding carboxylic acids is 1. The smallest absolute Gasteiger partial charge is 0.223 e. The van der Waals surface area contributed by atoms with Gasteiger partial charge in [0.2, 0.25) is 5.91 Å². The maximum Gasteiger partial charge on any atom is 0.223 e. The fourth-order valence-electron chi connectivity index (χ4n) is 3.70. The number of carbonyl (C=O) groups is 1. The highest BCUT2D eigenvalue weighted by molar-refractivity contribution is 5.85. The van der Waals surface area contributed by atoms with Gasteiger partial charge < -0.3 is 15.1 Å². The minimum absolute atomic E-state index is 0. The molecule has 3 rings (SSSR count). The van der Waals surface area contributed by atoms with Gasteiger partial charge >= 0.3 is 0 Å². The SMILES string of the molecule is CN(C(=O)CCN1CCN(c2ccccc2)CC1)C1CCNCC1.Cl.Cl. The van der Waals surface area contributed by atoms with Crippen molar-refractivity contribution in [3.05, 3.63) is 30.3 Å². The zero-order chi connectivity index (χ0) is 16.8. The summed E-state index contributed by atoms with van der Waals surface area (Å²) in [5.41, 5.74) is 1.30. The molecule has 0 unspecified atom stereocenters. The van der Waals surface area contributed by atoms with Crippen LogP contribution in [0.2, 0.25) is 0 Å². The molecule has 0 saturated carbocycles. The molecule has 1 aromatic rings. The zero-order valence-corrected chi connectivity index (χ0v) is 17.2. The van der Waals surface area contributed by atoms with Gasteiger partial charge in [-0.25, -0.2) is 0 Å². The molecule has 26 heavy (non-hydrogen) atoms. The lowest BCUT2D eigenvalue weighted by atomic mass is 10.1. The quantitative estimate of drug-likeness (QED) is 0.819. The Morgan fingerprint density at radius 3 is 2.31 bits per heavy atom. The van der Waals surface area contributed by atoms with Crippen LogP contribution in [0.1, 0.15) is 19.3 Å². The molecule has 2 aliphatic rings. The Kier molecular flexibility index (Phi) is 10.3. The monoisotopic (exact) mass is 402 g/mol. The number of anilines is 1. The van der Waals surface area contributed by atoms with E-state index in [2.05, 4.69) is 45.4 Å². The second-order valence-electron chi connectivity index (χ2n) is 6.90. The Labute approximate surface area is 169 Å². The molecule has 7 heteroatoms. The van der Waals surface area contributed by atoms with Crippen LogP contribution in [-0.4, -0.2) is 74.6 Å². The third kappa shape index (κ3) is 6.31. The van der Waals surface area contributed by atoms with Crippen LogP contribution in [0.3, 0.4) is 0 Å². The molecule has 1 N–H and O–H groups in total. The Morgan fingerprint density at radius 2 is 1.69 bits per heavy atom. The third-order valence-corrected chi connectivity index (χ3v) is 5.39. The molecular weight excluding hydrogens is 371 g/mol. The van der Waals surface area contributed by atoms with Gasteiger partial charge in [-0.3, -0.25) is 9.69 Å². The molecular formula is C19H32Cl2N4O. The van der Waals surface area contributed by atoms with Gasteiger partial charge in [0.15, 0.2) is 0 Å². The number of para-hydroxylation sites is 1. The van der Waals surface area contributed by atoms with Gasteiger partial charge in [0.05, 0.1) is 0 Å². The van der Waals surface area contributed by atoms with E-state index in [0.717, 1.165) is 58.7 Å². The van der Waals surface area contributed by atoms with Crippen molar-refractivity contribution in [2.24, 2.45) is 0 Å². The molecule has 2 heterocycles. The van der Waals surface area contributed by atoms with Gasteiger partial charge in [0.25, 0.3) is 0 Å². The van der Waals surface area contributed by atoms with Gasteiger partial charge in [0.1, 0.15) is 0 Å². The van der Waals surface area contributed by atoms with Crippen molar-refractivity contribution < 1.29 is 4.79 Å². The molecule has 148 valence electrons. The minimum Gasteiger partial charge on any atom is -0.369 e. The van der Waals surface area contributed by atoms with Gasteiger partial charge in [-0.15, -0.1) is 24.8 Å². The van der Waals surface area contributed by atoms with E-state index in [1.54, 1.807) is 0 Å². The Hall–Kier alpha value is -1.01. The lowest BCUT2D eigenvalue weighted by Crippen LogP contribution is -2.48. The predicted octanol–water partition coefficient (Wildman–Crippen LogP) is 2.25. The van der Waals surface area contributed by atoms with Crippen molar-refractivity contribution in [1.82, 2.24) is 15.1 Å². The lowest BCUT2D eigenvalue weighted by molar-refractivity contribution is -0.132. The summed E-state index contributed by atoms with van der Waals surface area (Å²) in [4.78, 5) is 19.3. The van der Waals surface area contributed by atoms with Crippen LogP contribution in [0.5, 0.6) is 0 Å². The van der Waals surface area contributed by atoms with E-state index in [0.29, 0.717) is 18.4 Å². The highest BCUT2D eigenvalue weighted by atomic mass is 35.5. The molecule has 5 nitrogen and oxygen atoms in total. The van der Waals surface area contributed by atoms with Crippen LogP contribution < -0.4 is 10.2 Å². The fraction of sp³-hybridized carbons (Fsp3) is 0.632. The van der Waals surface area contributed by atoms with E-state index in [-0.39, 0.29) is 24.8 Å². The van der Waals surface area contributed by atoms with Gasteiger partial charge in [-0.2, -0.15) is 0 Å². The molecule has 1 amide bonds. The van der Waals surface area contributed by atoms with E-state index in [4.69, 9.17) is 0 Å². The molecule has 0 radical (unpaired) electrons. The first-order valence-electron chi connectivity index (χ1n) is 9.23. The number of piperazine rings is 1. The van der Waals surface area contributed by atoms with E-state index in [1.165, 1.54) is 5.69 Å². The number of halogens is 2. The van der Waals surface area contributed by atoms with E-state index in [1.807, 2.05) is 11.9 Å². The van der Waals surface area contributed by atoms with Crippen molar-refractivity contribution >= 4 is 36.4 Å². The third-order valence-electron chi connectivity index (χ3n) is 5.39. The molecule has 2 aliphatic heterocycles. The van der Waals surface area contributed by atoms with Crippen LogP contribution in [0.25, 0.3) is 0 Å². The zero-order valence-electron chi connectivity index (χ0n) is 15.6. The van der Waals surface area contributed by atoms with Crippen LogP contribution in [0.4, 0.5) is 5.69 Å². The van der Waals surface area contributed by atoms with Crippen molar-refractivity contribution in [2.75, 3.05) is 57.8 Å². The number of piperidine rings is 1. The number of hydrogen-bond donors (Lipinski definition) is 1. The standard InChI is InChI=1S/C19H30N4O.2ClH/c1-21(17-7-10-20-11-8-17)19(24)9-12-22-13-15-23(16-14-22)18-5-3-2-4-6-18;;/h2-6,17,20H,7-16H2,1H3;2*1H. The molecule has 2 saturated heterocycles. The molecule has 0 aromatic heterocycles. The summed E-state index contributed by atoms with van der Waals surface area (Å²) < 4.78 is 0. The number of nitrogens with zero attached hydrogens (tertiary/aromatic N) is 3. The van der Waals surface area contributed by atoms with Crippen molar-refractivity contribution in [1.29, 1.82) is 0 Å². The molecule has 0 spiro atoms. The Bertz CT molecular complexity index is 518. The minimum atomic E-state index is 0. The predicted molar refractivity (Wildman–Crippen MR) is 113 cm³/mol. The fourth-order valence-corrected chi connectivity index (χ4v) is 3.70. The summed E-state index contributed by atoms with van der Waals surface area (Å²) in [7, 11) is 1.98. The largest absolute Gasteiger partial charge is 0.369 e. The first-order chi connectivity index (χ1) is 11.7. The molecule has 2 fully saturated rings. The van der Waals surface area contributed by atoms with Gasteiger partial charge in [0, 0.05) is 57.9 Å². The van der Waals surface area contributed by atoms with Crippen LogP contribution in [0, 0.1) is 0 Å². The molecule has 0 atom stereocenters. The number of benzene rings is 1. The first kappa shape index (κ1) is 23.0. The number of rotatable bonds is 5. The van der Waals surface area contributed by atoms with Crippen LogP contribution in [-0.2, 0) is 4.79 Å². The topological polar surface area (TPSA) is 38.8 Å². The van der Waals surface area contributed by atoms with Crippen molar-refractivity contribution in [2.45, 2.75) is 25.3 Å². The summed E-state index contributed by atoms with van der Waals surface area (Å²) in [6.07, 6.45) is 2.81. The van der Waals surface area contributed by atoms with E-state index >= 15 is 0 Å². The second kappa shape index (κ2) is 11.7. The summed E-state index contributed by atoms with van der Waals surface area (Å²) in [5, 5.41) is 3.36.